The zero-order valence-electron chi connectivity index (χ0n) is 12.9. The second-order valence-corrected chi connectivity index (χ2v) is 5.83. The van der Waals surface area contributed by atoms with Crippen molar-refractivity contribution in [1.82, 2.24) is 9.80 Å². The van der Waals surface area contributed by atoms with E-state index >= 15 is 0 Å². The molecule has 1 amide bonds. The summed E-state index contributed by atoms with van der Waals surface area (Å²) in [6, 6.07) is 9.45. The van der Waals surface area contributed by atoms with E-state index < -0.39 is 18.0 Å². The molecule has 6 heteroatoms. The third-order valence-electron chi connectivity index (χ3n) is 3.97. The normalized spacial score (nSPS) is 21.7. The minimum atomic E-state index is -0.868. The fourth-order valence-electron chi connectivity index (χ4n) is 2.59. The fourth-order valence-corrected chi connectivity index (χ4v) is 2.59. The summed E-state index contributed by atoms with van der Waals surface area (Å²) < 4.78 is 5.30. The van der Waals surface area contributed by atoms with Gasteiger partial charge in [-0.05, 0) is 26.1 Å². The molecule has 0 spiro atoms. The zero-order chi connectivity index (χ0) is 16.1. The number of carbonyl (C=O) groups excluding carboxylic acids is 1. The number of carboxylic acid groups (broad SMARTS) is 1. The van der Waals surface area contributed by atoms with Crippen LogP contribution in [-0.4, -0.2) is 60.2 Å². The molecule has 0 unspecified atom stereocenters. The van der Waals surface area contributed by atoms with Crippen LogP contribution in [0.2, 0.25) is 0 Å². The lowest BCUT2D eigenvalue weighted by atomic mass is 9.94. The first-order chi connectivity index (χ1) is 10.5. The molecule has 1 aliphatic rings. The van der Waals surface area contributed by atoms with Crippen molar-refractivity contribution in [3.8, 4) is 0 Å². The number of benzene rings is 1. The van der Waals surface area contributed by atoms with E-state index in [1.165, 1.54) is 4.90 Å². The number of rotatable bonds is 4. The van der Waals surface area contributed by atoms with E-state index in [2.05, 4.69) is 0 Å². The van der Waals surface area contributed by atoms with Crippen molar-refractivity contribution in [3.05, 3.63) is 35.9 Å². The molecular weight excluding hydrogens is 284 g/mol. The van der Waals surface area contributed by atoms with Crippen molar-refractivity contribution in [2.45, 2.75) is 19.1 Å². The summed E-state index contributed by atoms with van der Waals surface area (Å²) >= 11 is 0. The number of carboxylic acids is 1. The van der Waals surface area contributed by atoms with Gasteiger partial charge in [0.05, 0.1) is 5.92 Å². The Kier molecular flexibility index (Phi) is 5.38. The van der Waals surface area contributed by atoms with Crippen molar-refractivity contribution >= 4 is 12.1 Å². The molecule has 1 aromatic rings. The van der Waals surface area contributed by atoms with Gasteiger partial charge >= 0.3 is 12.1 Å². The lowest BCUT2D eigenvalue weighted by molar-refractivity contribution is -0.144. The Morgan fingerprint density at radius 2 is 1.95 bits per heavy atom. The van der Waals surface area contributed by atoms with Crippen LogP contribution in [0.25, 0.3) is 0 Å². The summed E-state index contributed by atoms with van der Waals surface area (Å²) in [6.45, 7) is 0.887. The van der Waals surface area contributed by atoms with Gasteiger partial charge in [0.2, 0.25) is 0 Å². The standard InChI is InChI=1S/C16H22N2O4/c1-17(2)14-8-13(15(19)20)9-18(10-14)16(21)22-11-12-6-4-3-5-7-12/h3-7,13-14H,8-11H2,1-2H3,(H,19,20)/t13-,14-/m0/s1. The number of carbonyl (C=O) groups is 2. The summed E-state index contributed by atoms with van der Waals surface area (Å²) in [5.74, 6) is -1.42. The van der Waals surface area contributed by atoms with Crippen LogP contribution < -0.4 is 0 Å². The highest BCUT2D eigenvalue weighted by atomic mass is 16.6. The highest BCUT2D eigenvalue weighted by Gasteiger charge is 2.35. The van der Waals surface area contributed by atoms with Gasteiger partial charge in [0.1, 0.15) is 6.61 Å². The Hall–Kier alpha value is -2.08. The van der Waals surface area contributed by atoms with Crippen molar-refractivity contribution in [2.24, 2.45) is 5.92 Å². The van der Waals surface area contributed by atoms with E-state index in [4.69, 9.17) is 4.74 Å². The quantitative estimate of drug-likeness (QED) is 0.916. The van der Waals surface area contributed by atoms with Crippen LogP contribution in [0.3, 0.4) is 0 Å². The van der Waals surface area contributed by atoms with Crippen LogP contribution in [-0.2, 0) is 16.1 Å². The molecule has 1 aliphatic heterocycles. The van der Waals surface area contributed by atoms with Crippen molar-refractivity contribution < 1.29 is 19.4 Å². The second-order valence-electron chi connectivity index (χ2n) is 5.83. The number of aliphatic carboxylic acids is 1. The van der Waals surface area contributed by atoms with Gasteiger partial charge in [0, 0.05) is 19.1 Å². The van der Waals surface area contributed by atoms with Gasteiger partial charge < -0.3 is 19.6 Å². The minimum Gasteiger partial charge on any atom is -0.481 e. The van der Waals surface area contributed by atoms with Crippen LogP contribution in [0.4, 0.5) is 4.79 Å². The smallest absolute Gasteiger partial charge is 0.410 e. The molecule has 22 heavy (non-hydrogen) atoms. The number of nitrogens with zero attached hydrogens (tertiary/aromatic N) is 2. The molecule has 1 fully saturated rings. The van der Waals surface area contributed by atoms with Crippen LogP contribution in [0.1, 0.15) is 12.0 Å². The minimum absolute atomic E-state index is 0.0270. The molecule has 1 aromatic carbocycles. The monoisotopic (exact) mass is 306 g/mol. The number of likely N-dealkylation sites (tertiary alicyclic amines) is 1. The molecule has 0 aliphatic carbocycles. The zero-order valence-corrected chi connectivity index (χ0v) is 12.9. The van der Waals surface area contributed by atoms with Gasteiger partial charge in [-0.2, -0.15) is 0 Å². The third kappa shape index (κ3) is 4.21. The maximum atomic E-state index is 12.2. The summed E-state index contributed by atoms with van der Waals surface area (Å²) in [5, 5.41) is 9.25. The molecule has 2 atom stereocenters. The fraction of sp³-hybridized carbons (Fsp3) is 0.500. The number of piperidine rings is 1. The Bertz CT molecular complexity index is 518. The molecule has 0 saturated carbocycles. The van der Waals surface area contributed by atoms with Gasteiger partial charge in [-0.25, -0.2) is 4.79 Å². The van der Waals surface area contributed by atoms with Gasteiger partial charge in [-0.3, -0.25) is 4.79 Å². The molecule has 2 rings (SSSR count). The summed E-state index contributed by atoms with van der Waals surface area (Å²) in [5.41, 5.74) is 0.909. The first kappa shape index (κ1) is 16.3. The van der Waals surface area contributed by atoms with Crippen LogP contribution >= 0.6 is 0 Å². The van der Waals surface area contributed by atoms with Gasteiger partial charge in [0.15, 0.2) is 0 Å². The van der Waals surface area contributed by atoms with E-state index in [1.54, 1.807) is 0 Å². The SMILES string of the molecule is CN(C)[C@H]1C[C@H](C(=O)O)CN(C(=O)OCc2ccccc2)C1. The van der Waals surface area contributed by atoms with Gasteiger partial charge in [-0.1, -0.05) is 30.3 Å². The second kappa shape index (κ2) is 7.26. The lowest BCUT2D eigenvalue weighted by Crippen LogP contribution is -2.52. The Morgan fingerprint density at radius 3 is 2.55 bits per heavy atom. The van der Waals surface area contributed by atoms with Gasteiger partial charge in [0.25, 0.3) is 0 Å². The highest BCUT2D eigenvalue weighted by Crippen LogP contribution is 2.21. The first-order valence-corrected chi connectivity index (χ1v) is 7.32. The van der Waals surface area contributed by atoms with Crippen molar-refractivity contribution in [2.75, 3.05) is 27.2 Å². The molecule has 120 valence electrons. The molecule has 1 saturated heterocycles. The predicted octanol–water partition coefficient (Wildman–Crippen LogP) is 1.66. The Morgan fingerprint density at radius 1 is 1.27 bits per heavy atom. The molecule has 1 N–H and O–H groups in total. The van der Waals surface area contributed by atoms with E-state index in [-0.39, 0.29) is 19.2 Å². The molecule has 1 heterocycles. The number of hydrogen-bond donors (Lipinski definition) is 1. The Balaban J connectivity index is 1.96. The van der Waals surface area contributed by atoms with Crippen molar-refractivity contribution in [3.63, 3.8) is 0 Å². The maximum absolute atomic E-state index is 12.2. The molecule has 6 nitrogen and oxygen atoms in total. The van der Waals surface area contributed by atoms with Crippen LogP contribution in [0.15, 0.2) is 30.3 Å². The number of likely N-dealkylation sites (N-methyl/N-ethyl adjacent to an activating group) is 1. The maximum Gasteiger partial charge on any atom is 0.410 e. The van der Waals surface area contributed by atoms with E-state index in [1.807, 2.05) is 49.3 Å². The average Bonchev–Trinajstić information content (AvgIpc) is 2.53. The number of hydrogen-bond acceptors (Lipinski definition) is 4. The van der Waals surface area contributed by atoms with Crippen LogP contribution in [0, 0.1) is 5.92 Å². The summed E-state index contributed by atoms with van der Waals surface area (Å²) in [4.78, 5) is 26.9. The average molecular weight is 306 g/mol. The molecule has 0 aromatic heterocycles. The van der Waals surface area contributed by atoms with Crippen molar-refractivity contribution in [1.29, 1.82) is 0 Å². The number of amides is 1. The van der Waals surface area contributed by atoms with Crippen LogP contribution in [0.5, 0.6) is 0 Å². The lowest BCUT2D eigenvalue weighted by Gasteiger charge is -2.38. The molecular formula is C16H22N2O4. The van der Waals surface area contributed by atoms with E-state index in [0.29, 0.717) is 13.0 Å². The Labute approximate surface area is 130 Å². The van der Waals surface area contributed by atoms with E-state index in [0.717, 1.165) is 5.56 Å². The third-order valence-corrected chi connectivity index (χ3v) is 3.97. The first-order valence-electron chi connectivity index (χ1n) is 7.32. The van der Waals surface area contributed by atoms with Gasteiger partial charge in [-0.15, -0.1) is 0 Å². The topological polar surface area (TPSA) is 70.1 Å². The molecule has 0 bridgehead atoms. The number of ether oxygens (including phenoxy) is 1. The largest absolute Gasteiger partial charge is 0.481 e. The summed E-state index contributed by atoms with van der Waals surface area (Å²) in [6.07, 6.45) is 0.0896. The summed E-state index contributed by atoms with van der Waals surface area (Å²) in [7, 11) is 3.78. The molecule has 0 radical (unpaired) electrons. The highest BCUT2D eigenvalue weighted by molar-refractivity contribution is 5.73. The van der Waals surface area contributed by atoms with E-state index in [9.17, 15) is 14.7 Å². The predicted molar refractivity (Wildman–Crippen MR) is 81.4 cm³/mol.